The third-order valence-corrected chi connectivity index (χ3v) is 5.36. The molecule has 0 saturated carbocycles. The maximum Gasteiger partial charge on any atom is 0.229 e. The van der Waals surface area contributed by atoms with Gasteiger partial charge in [0, 0.05) is 10.6 Å². The van der Waals surface area contributed by atoms with E-state index in [4.69, 9.17) is 0 Å². The van der Waals surface area contributed by atoms with E-state index in [0.717, 1.165) is 27.2 Å². The van der Waals surface area contributed by atoms with Crippen molar-refractivity contribution in [2.45, 2.75) is 30.8 Å². The summed E-state index contributed by atoms with van der Waals surface area (Å²) in [5.41, 5.74) is 3.01. The fourth-order valence-electron chi connectivity index (χ4n) is 3.48. The molecule has 0 unspecified atom stereocenters. The number of hydrogen-bond acceptors (Lipinski definition) is 4. The summed E-state index contributed by atoms with van der Waals surface area (Å²) in [6.07, 6.45) is -0.0913. The molecular formula is C24H23N3O2S. The number of aryl methyl sites for hydroxylation is 1. The van der Waals surface area contributed by atoms with Crippen LogP contribution >= 0.6 is 12.6 Å². The molecule has 2 N–H and O–H groups in total. The zero-order chi connectivity index (χ0) is 21.3. The van der Waals surface area contributed by atoms with Crippen LogP contribution in [0.4, 0.5) is 5.95 Å². The van der Waals surface area contributed by atoms with E-state index in [2.05, 4.69) is 22.9 Å². The molecule has 1 atom stereocenters. The Hall–Kier alpha value is -3.09. The molecule has 0 bridgehead atoms. The largest absolute Gasteiger partial charge is 0.385 e. The van der Waals surface area contributed by atoms with Crippen molar-refractivity contribution in [3.63, 3.8) is 0 Å². The molecular weight excluding hydrogens is 394 g/mol. The molecule has 0 radical (unpaired) electrons. The maximum absolute atomic E-state index is 12.8. The Kier molecular flexibility index (Phi) is 5.37. The average molecular weight is 418 g/mol. The Morgan fingerprint density at radius 3 is 2.50 bits per heavy atom. The Morgan fingerprint density at radius 2 is 1.80 bits per heavy atom. The highest BCUT2D eigenvalue weighted by Crippen LogP contribution is 2.29. The van der Waals surface area contributed by atoms with E-state index in [1.54, 1.807) is 6.92 Å². The van der Waals surface area contributed by atoms with E-state index in [-0.39, 0.29) is 12.3 Å². The molecule has 6 heteroatoms. The first-order chi connectivity index (χ1) is 14.3. The lowest BCUT2D eigenvalue weighted by Crippen LogP contribution is -2.29. The summed E-state index contributed by atoms with van der Waals surface area (Å²) in [5.74, 6) is 0.0836. The van der Waals surface area contributed by atoms with Crippen molar-refractivity contribution < 1.29 is 9.90 Å². The number of amides is 1. The second kappa shape index (κ2) is 7.97. The van der Waals surface area contributed by atoms with E-state index < -0.39 is 5.60 Å². The third kappa shape index (κ3) is 4.10. The summed E-state index contributed by atoms with van der Waals surface area (Å²) in [6, 6.07) is 22.8. The first-order valence-electron chi connectivity index (χ1n) is 9.70. The van der Waals surface area contributed by atoms with E-state index in [1.807, 2.05) is 84.3 Å². The first-order valence-corrected chi connectivity index (χ1v) is 10.1. The van der Waals surface area contributed by atoms with Crippen LogP contribution in [0.25, 0.3) is 16.7 Å². The van der Waals surface area contributed by atoms with Gasteiger partial charge in [-0.2, -0.15) is 0 Å². The lowest BCUT2D eigenvalue weighted by Gasteiger charge is -2.23. The van der Waals surface area contributed by atoms with Gasteiger partial charge in [-0.05, 0) is 49.7 Å². The van der Waals surface area contributed by atoms with Crippen molar-refractivity contribution in [1.29, 1.82) is 0 Å². The first kappa shape index (κ1) is 20.2. The van der Waals surface area contributed by atoms with E-state index in [0.29, 0.717) is 11.5 Å². The predicted molar refractivity (Wildman–Crippen MR) is 122 cm³/mol. The van der Waals surface area contributed by atoms with E-state index >= 15 is 0 Å². The summed E-state index contributed by atoms with van der Waals surface area (Å²) in [7, 11) is 0. The molecule has 0 aliphatic carbocycles. The van der Waals surface area contributed by atoms with Gasteiger partial charge in [0.2, 0.25) is 11.9 Å². The van der Waals surface area contributed by atoms with E-state index in [9.17, 15) is 9.90 Å². The highest BCUT2D eigenvalue weighted by Gasteiger charge is 2.27. The summed E-state index contributed by atoms with van der Waals surface area (Å²) in [5, 5.41) is 13.7. The Bertz CT molecular complexity index is 1200. The summed E-state index contributed by atoms with van der Waals surface area (Å²) >= 11 is 4.45. The maximum atomic E-state index is 12.8. The van der Waals surface area contributed by atoms with Crippen molar-refractivity contribution in [1.82, 2.24) is 9.55 Å². The molecule has 0 aliphatic rings. The van der Waals surface area contributed by atoms with Crippen LogP contribution in [0.1, 0.15) is 24.5 Å². The fourth-order valence-corrected chi connectivity index (χ4v) is 3.68. The van der Waals surface area contributed by atoms with Gasteiger partial charge in [-0.25, -0.2) is 4.98 Å². The van der Waals surface area contributed by atoms with Crippen LogP contribution in [0.5, 0.6) is 0 Å². The molecule has 0 saturated heterocycles. The standard InChI is InChI=1S/C24H23N3O2S/c1-16-8-10-18(11-9-16)27-21-14-19(30)12-13-20(21)25-23(27)26-22(28)15-24(2,29)17-6-4-3-5-7-17/h3-14,29-30H,15H2,1-2H3,(H,25,26,28)/t24-/m0/s1. The van der Waals surface area contributed by atoms with Crippen LogP contribution in [-0.2, 0) is 10.4 Å². The second-order valence-corrected chi connectivity index (χ2v) is 8.16. The third-order valence-electron chi connectivity index (χ3n) is 5.08. The highest BCUT2D eigenvalue weighted by atomic mass is 32.1. The van der Waals surface area contributed by atoms with Crippen molar-refractivity contribution in [3.8, 4) is 5.69 Å². The molecule has 0 spiro atoms. The zero-order valence-corrected chi connectivity index (χ0v) is 17.7. The number of aliphatic hydroxyl groups is 1. The molecule has 152 valence electrons. The minimum absolute atomic E-state index is 0.0913. The number of fused-ring (bicyclic) bond motifs is 1. The van der Waals surface area contributed by atoms with Gasteiger partial charge in [-0.3, -0.25) is 14.7 Å². The lowest BCUT2D eigenvalue weighted by atomic mass is 9.92. The molecule has 3 aromatic carbocycles. The van der Waals surface area contributed by atoms with Gasteiger partial charge in [0.1, 0.15) is 0 Å². The zero-order valence-electron chi connectivity index (χ0n) is 16.8. The number of hydrogen-bond donors (Lipinski definition) is 3. The van der Waals surface area contributed by atoms with Crippen molar-refractivity contribution in [3.05, 3.63) is 83.9 Å². The monoisotopic (exact) mass is 417 g/mol. The molecule has 1 aromatic heterocycles. The number of aromatic nitrogens is 2. The molecule has 1 amide bonds. The van der Waals surface area contributed by atoms with Crippen LogP contribution in [-0.4, -0.2) is 20.6 Å². The number of nitrogens with zero attached hydrogens (tertiary/aromatic N) is 2. The van der Waals surface area contributed by atoms with Gasteiger partial charge in [-0.1, -0.05) is 48.0 Å². The minimum atomic E-state index is -1.29. The Morgan fingerprint density at radius 1 is 1.10 bits per heavy atom. The van der Waals surface area contributed by atoms with Gasteiger partial charge >= 0.3 is 0 Å². The van der Waals surface area contributed by atoms with Crippen LogP contribution in [0.2, 0.25) is 0 Å². The number of thiol groups is 1. The number of carbonyl (C=O) groups is 1. The predicted octanol–water partition coefficient (Wildman–Crippen LogP) is 4.86. The summed E-state index contributed by atoms with van der Waals surface area (Å²) < 4.78 is 1.89. The van der Waals surface area contributed by atoms with Gasteiger partial charge in [0.15, 0.2) is 0 Å². The number of benzene rings is 3. The number of imidazole rings is 1. The van der Waals surface area contributed by atoms with Gasteiger partial charge in [0.25, 0.3) is 0 Å². The van der Waals surface area contributed by atoms with Crippen LogP contribution in [0.3, 0.4) is 0 Å². The SMILES string of the molecule is Cc1ccc(-n2c(NC(=O)C[C@](C)(O)c3ccccc3)nc3ccc(S)cc32)cc1. The van der Waals surface area contributed by atoms with Crippen LogP contribution < -0.4 is 5.32 Å². The molecule has 0 aliphatic heterocycles. The van der Waals surface area contributed by atoms with Gasteiger partial charge < -0.3 is 5.11 Å². The Labute approximate surface area is 180 Å². The van der Waals surface area contributed by atoms with Crippen LogP contribution in [0.15, 0.2) is 77.7 Å². The normalized spacial score (nSPS) is 13.2. The van der Waals surface area contributed by atoms with Crippen molar-refractivity contribution >= 4 is 35.5 Å². The van der Waals surface area contributed by atoms with E-state index in [1.165, 1.54) is 0 Å². The van der Waals surface area contributed by atoms with Crippen LogP contribution in [0, 0.1) is 6.92 Å². The van der Waals surface area contributed by atoms with Gasteiger partial charge in [0.05, 0.1) is 23.1 Å². The minimum Gasteiger partial charge on any atom is -0.385 e. The fraction of sp³-hybridized carbons (Fsp3) is 0.167. The number of rotatable bonds is 5. The molecule has 4 aromatic rings. The lowest BCUT2D eigenvalue weighted by molar-refractivity contribution is -0.120. The number of anilines is 1. The smallest absolute Gasteiger partial charge is 0.229 e. The number of carbonyl (C=O) groups excluding carboxylic acids is 1. The molecule has 0 fully saturated rings. The second-order valence-electron chi connectivity index (χ2n) is 7.64. The highest BCUT2D eigenvalue weighted by molar-refractivity contribution is 7.80. The number of nitrogens with one attached hydrogen (secondary N) is 1. The molecule has 5 nitrogen and oxygen atoms in total. The quantitative estimate of drug-likeness (QED) is 0.406. The summed E-state index contributed by atoms with van der Waals surface area (Å²) in [4.78, 5) is 18.3. The topological polar surface area (TPSA) is 67.2 Å². The molecule has 4 rings (SSSR count). The van der Waals surface area contributed by atoms with Crippen molar-refractivity contribution in [2.24, 2.45) is 0 Å². The van der Waals surface area contributed by atoms with Crippen molar-refractivity contribution in [2.75, 3.05) is 5.32 Å². The molecule has 30 heavy (non-hydrogen) atoms. The average Bonchev–Trinajstić information content (AvgIpc) is 3.05. The summed E-state index contributed by atoms with van der Waals surface area (Å²) in [6.45, 7) is 3.66. The Balaban J connectivity index is 1.69. The molecule has 1 heterocycles. The van der Waals surface area contributed by atoms with Gasteiger partial charge in [-0.15, -0.1) is 12.6 Å².